The van der Waals surface area contributed by atoms with Crippen LogP contribution in [0.25, 0.3) is 0 Å². The lowest BCUT2D eigenvalue weighted by molar-refractivity contribution is -0.136. The molecule has 0 unspecified atom stereocenters. The maximum Gasteiger partial charge on any atom is 0.329 e. The SMILES string of the molecule is COc1cc(C=NNC(=O)C(=O)Nc2ccc(C(N)=O)cc2)cc(Br)c1OCc1ccccc1C. The first-order valence-corrected chi connectivity index (χ1v) is 11.2. The van der Waals surface area contributed by atoms with Gasteiger partial charge in [0.15, 0.2) is 11.5 Å². The summed E-state index contributed by atoms with van der Waals surface area (Å²) in [7, 11) is 1.52. The summed E-state index contributed by atoms with van der Waals surface area (Å²) in [5.74, 6) is -1.49. The number of amides is 3. The van der Waals surface area contributed by atoms with Crippen LogP contribution in [0.1, 0.15) is 27.0 Å². The van der Waals surface area contributed by atoms with E-state index in [1.807, 2.05) is 31.2 Å². The third kappa shape index (κ3) is 6.90. The van der Waals surface area contributed by atoms with Crippen LogP contribution in [0.15, 0.2) is 70.2 Å². The number of nitrogens with zero attached hydrogens (tertiary/aromatic N) is 1. The molecule has 0 heterocycles. The molecule has 0 radical (unpaired) electrons. The summed E-state index contributed by atoms with van der Waals surface area (Å²) < 4.78 is 12.0. The Hall–Kier alpha value is -4.18. The molecule has 0 aliphatic carbocycles. The summed E-state index contributed by atoms with van der Waals surface area (Å²) in [6, 6.07) is 17.1. The predicted octanol–water partition coefficient (Wildman–Crippen LogP) is 3.53. The van der Waals surface area contributed by atoms with Crippen molar-refractivity contribution >= 4 is 45.6 Å². The highest BCUT2D eigenvalue weighted by Crippen LogP contribution is 2.37. The van der Waals surface area contributed by atoms with Crippen molar-refractivity contribution < 1.29 is 23.9 Å². The van der Waals surface area contributed by atoms with Crippen LogP contribution < -0.4 is 25.9 Å². The lowest BCUT2D eigenvalue weighted by Crippen LogP contribution is -2.32. The monoisotopic (exact) mass is 538 g/mol. The van der Waals surface area contributed by atoms with Gasteiger partial charge in [0.05, 0.1) is 17.8 Å². The molecule has 3 aromatic carbocycles. The fourth-order valence-electron chi connectivity index (χ4n) is 3.00. The smallest absolute Gasteiger partial charge is 0.329 e. The number of primary amides is 1. The number of nitrogens with two attached hydrogens (primary N) is 1. The van der Waals surface area contributed by atoms with Crippen LogP contribution in [-0.4, -0.2) is 31.0 Å². The highest BCUT2D eigenvalue weighted by molar-refractivity contribution is 9.10. The fraction of sp³-hybridized carbons (Fsp3) is 0.120. The first kappa shape index (κ1) is 25.4. The zero-order chi connectivity index (χ0) is 25.4. The van der Waals surface area contributed by atoms with Gasteiger partial charge >= 0.3 is 11.8 Å². The van der Waals surface area contributed by atoms with Crippen molar-refractivity contribution in [2.24, 2.45) is 10.8 Å². The van der Waals surface area contributed by atoms with E-state index in [2.05, 4.69) is 31.8 Å². The van der Waals surface area contributed by atoms with Crippen LogP contribution in [0.4, 0.5) is 5.69 Å². The Morgan fingerprint density at radius 1 is 1.06 bits per heavy atom. The van der Waals surface area contributed by atoms with Gasteiger partial charge in [0, 0.05) is 11.3 Å². The lowest BCUT2D eigenvalue weighted by atomic mass is 10.1. The molecule has 0 saturated heterocycles. The minimum atomic E-state index is -0.968. The zero-order valence-corrected chi connectivity index (χ0v) is 20.6. The average Bonchev–Trinajstić information content (AvgIpc) is 2.84. The minimum Gasteiger partial charge on any atom is -0.493 e. The van der Waals surface area contributed by atoms with Gasteiger partial charge in [-0.05, 0) is 75.9 Å². The second-order valence-electron chi connectivity index (χ2n) is 7.34. The third-order valence-electron chi connectivity index (χ3n) is 4.90. The first-order chi connectivity index (χ1) is 16.8. The summed E-state index contributed by atoms with van der Waals surface area (Å²) >= 11 is 3.48. The summed E-state index contributed by atoms with van der Waals surface area (Å²) in [5.41, 5.74) is 10.7. The highest BCUT2D eigenvalue weighted by atomic mass is 79.9. The second kappa shape index (κ2) is 11.8. The molecule has 0 aliphatic rings. The quantitative estimate of drug-likeness (QED) is 0.229. The number of rotatable bonds is 8. The van der Waals surface area contributed by atoms with Gasteiger partial charge in [-0.25, -0.2) is 5.43 Å². The summed E-state index contributed by atoms with van der Waals surface area (Å²) in [6.07, 6.45) is 1.37. The van der Waals surface area contributed by atoms with Gasteiger partial charge in [-0.15, -0.1) is 0 Å². The van der Waals surface area contributed by atoms with Gasteiger partial charge in [0.2, 0.25) is 5.91 Å². The van der Waals surface area contributed by atoms with Crippen molar-refractivity contribution in [2.45, 2.75) is 13.5 Å². The predicted molar refractivity (Wildman–Crippen MR) is 136 cm³/mol. The number of anilines is 1. The number of hydrogen-bond donors (Lipinski definition) is 3. The molecule has 0 saturated carbocycles. The van der Waals surface area contributed by atoms with E-state index in [0.717, 1.165) is 11.1 Å². The van der Waals surface area contributed by atoms with E-state index in [1.165, 1.54) is 37.6 Å². The standard InChI is InChI=1S/C25H23BrN4O5/c1-15-5-3-4-6-18(15)14-35-22-20(26)11-16(12-21(22)34-2)13-28-30-25(33)24(32)29-19-9-7-17(8-10-19)23(27)31/h3-13H,14H2,1-2H3,(H2,27,31)(H,29,32)(H,30,33). The van der Waals surface area contributed by atoms with Crippen LogP contribution in [0.2, 0.25) is 0 Å². The molecular weight excluding hydrogens is 516 g/mol. The highest BCUT2D eigenvalue weighted by Gasteiger charge is 2.14. The number of carbonyl (C=O) groups excluding carboxylic acids is 3. The van der Waals surface area contributed by atoms with E-state index in [1.54, 1.807) is 12.1 Å². The van der Waals surface area contributed by atoms with Gasteiger partial charge in [-0.2, -0.15) is 5.10 Å². The van der Waals surface area contributed by atoms with E-state index in [4.69, 9.17) is 15.2 Å². The van der Waals surface area contributed by atoms with Crippen LogP contribution in [0.5, 0.6) is 11.5 Å². The Morgan fingerprint density at radius 3 is 2.43 bits per heavy atom. The number of hydrogen-bond acceptors (Lipinski definition) is 6. The maximum atomic E-state index is 12.1. The number of halogens is 1. The molecule has 180 valence electrons. The van der Waals surface area contributed by atoms with Gasteiger partial charge in [-0.3, -0.25) is 14.4 Å². The number of benzene rings is 3. The number of carbonyl (C=O) groups is 3. The summed E-state index contributed by atoms with van der Waals surface area (Å²) in [6.45, 7) is 2.38. The Balaban J connectivity index is 1.61. The van der Waals surface area contributed by atoms with Crippen LogP contribution in [0.3, 0.4) is 0 Å². The molecule has 0 atom stereocenters. The van der Waals surface area contributed by atoms with Gasteiger partial charge < -0.3 is 20.5 Å². The molecule has 9 nitrogen and oxygen atoms in total. The van der Waals surface area contributed by atoms with E-state index >= 15 is 0 Å². The minimum absolute atomic E-state index is 0.283. The van der Waals surface area contributed by atoms with Gasteiger partial charge in [0.1, 0.15) is 6.61 Å². The largest absolute Gasteiger partial charge is 0.493 e. The molecule has 0 aliphatic heterocycles. The molecule has 35 heavy (non-hydrogen) atoms. The lowest BCUT2D eigenvalue weighted by Gasteiger charge is -2.14. The topological polar surface area (TPSA) is 132 Å². The number of hydrazone groups is 1. The van der Waals surface area contributed by atoms with Crippen molar-refractivity contribution in [3.05, 3.63) is 87.4 Å². The Labute approximate surface area is 210 Å². The molecule has 0 bridgehead atoms. The number of nitrogens with one attached hydrogen (secondary N) is 2. The van der Waals surface area contributed by atoms with Crippen molar-refractivity contribution in [2.75, 3.05) is 12.4 Å². The van der Waals surface area contributed by atoms with Gasteiger partial charge in [0.25, 0.3) is 0 Å². The number of ether oxygens (including phenoxy) is 2. The third-order valence-corrected chi connectivity index (χ3v) is 5.49. The Kier molecular flexibility index (Phi) is 8.58. The number of methoxy groups -OCH3 is 1. The molecule has 10 heteroatoms. The van der Waals surface area contributed by atoms with E-state index in [-0.39, 0.29) is 5.56 Å². The molecule has 3 rings (SSSR count). The molecule has 0 spiro atoms. The van der Waals surface area contributed by atoms with Crippen LogP contribution >= 0.6 is 15.9 Å². The molecule has 3 amide bonds. The van der Waals surface area contributed by atoms with Crippen molar-refractivity contribution in [3.63, 3.8) is 0 Å². The maximum absolute atomic E-state index is 12.1. The van der Waals surface area contributed by atoms with Crippen molar-refractivity contribution in [1.29, 1.82) is 0 Å². The normalized spacial score (nSPS) is 10.6. The summed E-state index contributed by atoms with van der Waals surface area (Å²) in [5, 5.41) is 6.23. The molecule has 0 fully saturated rings. The average molecular weight is 539 g/mol. The van der Waals surface area contributed by atoms with Crippen LogP contribution in [-0.2, 0) is 16.2 Å². The number of aryl methyl sites for hydroxylation is 1. The molecule has 4 N–H and O–H groups in total. The molecular formula is C25H23BrN4O5. The Bertz CT molecular complexity index is 1280. The van der Waals surface area contributed by atoms with Crippen molar-refractivity contribution in [1.82, 2.24) is 5.43 Å². The fourth-order valence-corrected chi connectivity index (χ4v) is 3.57. The zero-order valence-electron chi connectivity index (χ0n) is 19.0. The van der Waals surface area contributed by atoms with E-state index < -0.39 is 17.7 Å². The van der Waals surface area contributed by atoms with Crippen LogP contribution in [0, 0.1) is 6.92 Å². The first-order valence-electron chi connectivity index (χ1n) is 10.4. The van der Waals surface area contributed by atoms with Gasteiger partial charge in [-0.1, -0.05) is 24.3 Å². The second-order valence-corrected chi connectivity index (χ2v) is 8.20. The molecule has 0 aromatic heterocycles. The molecule has 3 aromatic rings. The van der Waals surface area contributed by atoms with Crippen molar-refractivity contribution in [3.8, 4) is 11.5 Å². The summed E-state index contributed by atoms with van der Waals surface area (Å²) in [4.78, 5) is 35.2. The van der Waals surface area contributed by atoms with E-state index in [9.17, 15) is 14.4 Å². The van der Waals surface area contributed by atoms with E-state index in [0.29, 0.717) is 33.8 Å². The Morgan fingerprint density at radius 2 is 1.77 bits per heavy atom.